The van der Waals surface area contributed by atoms with Gasteiger partial charge in [0.05, 0.1) is 12.7 Å². The van der Waals surface area contributed by atoms with Crippen LogP contribution in [0.5, 0.6) is 5.75 Å². The van der Waals surface area contributed by atoms with Gasteiger partial charge in [-0.2, -0.15) is 0 Å². The van der Waals surface area contributed by atoms with Gasteiger partial charge >= 0.3 is 5.63 Å². The number of aromatic nitrogens is 1. The van der Waals surface area contributed by atoms with E-state index in [1.807, 2.05) is 0 Å². The van der Waals surface area contributed by atoms with E-state index in [1.165, 1.54) is 25.3 Å². The first-order valence-electron chi connectivity index (χ1n) is 9.23. The number of nitrogens with zero attached hydrogens (tertiary/aromatic N) is 1. The third-order valence-electron chi connectivity index (χ3n) is 5.41. The lowest BCUT2D eigenvalue weighted by Gasteiger charge is -2.27. The van der Waals surface area contributed by atoms with Gasteiger partial charge in [-0.25, -0.2) is 9.18 Å². The summed E-state index contributed by atoms with van der Waals surface area (Å²) in [4.78, 5) is 30.3. The molecule has 4 aromatic rings. The van der Waals surface area contributed by atoms with Gasteiger partial charge < -0.3 is 19.0 Å². The number of ether oxygens (including phenoxy) is 1. The minimum absolute atomic E-state index is 0.260. The Morgan fingerprint density at radius 2 is 2.03 bits per heavy atom. The summed E-state index contributed by atoms with van der Waals surface area (Å²) in [5.74, 6) is -0.0403. The standard InChI is InChI=1S/C22H17FN2O4/c1-28-13-3-4-14-16(10-21(26)29-20(14)9-13)22(27)25-7-6-19-17(11-25)15-8-12(23)2-5-18(15)24-19/h2-5,8-10,24H,6-7,11H2,1H3. The zero-order valence-electron chi connectivity index (χ0n) is 15.6. The summed E-state index contributed by atoms with van der Waals surface area (Å²) in [5.41, 5.74) is 2.76. The summed E-state index contributed by atoms with van der Waals surface area (Å²) >= 11 is 0. The second kappa shape index (κ2) is 6.48. The molecule has 29 heavy (non-hydrogen) atoms. The minimum atomic E-state index is -0.596. The molecule has 5 rings (SSSR count). The Bertz CT molecular complexity index is 1340. The smallest absolute Gasteiger partial charge is 0.337 e. The van der Waals surface area contributed by atoms with E-state index in [2.05, 4.69) is 4.98 Å². The molecule has 7 heteroatoms. The van der Waals surface area contributed by atoms with Gasteiger partial charge in [-0.05, 0) is 30.3 Å². The fourth-order valence-corrected chi connectivity index (χ4v) is 3.98. The maximum Gasteiger partial charge on any atom is 0.337 e. The number of hydrogen-bond acceptors (Lipinski definition) is 4. The highest BCUT2D eigenvalue weighted by Crippen LogP contribution is 2.30. The normalized spacial score (nSPS) is 13.7. The third kappa shape index (κ3) is 2.86. The Morgan fingerprint density at radius 1 is 1.17 bits per heavy atom. The fourth-order valence-electron chi connectivity index (χ4n) is 3.98. The maximum absolute atomic E-state index is 13.7. The van der Waals surface area contributed by atoms with Crippen LogP contribution in [0.1, 0.15) is 21.6 Å². The fraction of sp³-hybridized carbons (Fsp3) is 0.182. The number of H-pyrrole nitrogens is 1. The van der Waals surface area contributed by atoms with Crippen molar-refractivity contribution in [1.82, 2.24) is 9.88 Å². The van der Waals surface area contributed by atoms with Crippen LogP contribution in [0, 0.1) is 5.82 Å². The van der Waals surface area contributed by atoms with Gasteiger partial charge in [0, 0.05) is 59.2 Å². The highest BCUT2D eigenvalue weighted by molar-refractivity contribution is 6.06. The highest BCUT2D eigenvalue weighted by Gasteiger charge is 2.26. The molecule has 0 spiro atoms. The molecule has 0 saturated carbocycles. The molecule has 0 fully saturated rings. The van der Waals surface area contributed by atoms with Crippen molar-refractivity contribution in [1.29, 1.82) is 0 Å². The van der Waals surface area contributed by atoms with Crippen molar-refractivity contribution in [2.75, 3.05) is 13.7 Å². The Kier molecular flexibility index (Phi) is 3.91. The van der Waals surface area contributed by atoms with Crippen LogP contribution < -0.4 is 10.4 Å². The van der Waals surface area contributed by atoms with Crippen LogP contribution in [-0.4, -0.2) is 29.4 Å². The van der Waals surface area contributed by atoms with Crippen LogP contribution >= 0.6 is 0 Å². The van der Waals surface area contributed by atoms with Crippen molar-refractivity contribution in [2.24, 2.45) is 0 Å². The van der Waals surface area contributed by atoms with Gasteiger partial charge in [0.1, 0.15) is 17.1 Å². The number of fused-ring (bicyclic) bond motifs is 4. The summed E-state index contributed by atoms with van der Waals surface area (Å²) in [6.07, 6.45) is 0.630. The van der Waals surface area contributed by atoms with Gasteiger partial charge in [-0.15, -0.1) is 0 Å². The lowest BCUT2D eigenvalue weighted by Crippen LogP contribution is -2.36. The molecule has 0 saturated heterocycles. The molecular formula is C22H17FN2O4. The van der Waals surface area contributed by atoms with E-state index in [-0.39, 0.29) is 17.3 Å². The number of carbonyl (C=O) groups is 1. The topological polar surface area (TPSA) is 75.5 Å². The molecule has 6 nitrogen and oxygen atoms in total. The van der Waals surface area contributed by atoms with Crippen molar-refractivity contribution in [3.8, 4) is 5.75 Å². The van der Waals surface area contributed by atoms with E-state index in [4.69, 9.17) is 9.15 Å². The van der Waals surface area contributed by atoms with E-state index in [0.717, 1.165) is 22.2 Å². The molecule has 0 bridgehead atoms. The number of benzene rings is 2. The number of nitrogens with one attached hydrogen (secondary N) is 1. The van der Waals surface area contributed by atoms with E-state index in [9.17, 15) is 14.0 Å². The Morgan fingerprint density at radius 3 is 2.86 bits per heavy atom. The number of hydrogen-bond donors (Lipinski definition) is 1. The monoisotopic (exact) mass is 392 g/mol. The highest BCUT2D eigenvalue weighted by atomic mass is 19.1. The van der Waals surface area contributed by atoms with Crippen LogP contribution in [0.4, 0.5) is 4.39 Å². The summed E-state index contributed by atoms with van der Waals surface area (Å²) in [5, 5.41) is 1.32. The molecule has 146 valence electrons. The summed E-state index contributed by atoms with van der Waals surface area (Å²) < 4.78 is 24.1. The molecule has 1 amide bonds. The molecule has 1 N–H and O–H groups in total. The molecule has 3 heterocycles. The third-order valence-corrected chi connectivity index (χ3v) is 5.41. The zero-order valence-corrected chi connectivity index (χ0v) is 15.6. The molecule has 2 aromatic heterocycles. The molecule has 0 radical (unpaired) electrons. The van der Waals surface area contributed by atoms with Crippen LogP contribution in [-0.2, 0) is 13.0 Å². The van der Waals surface area contributed by atoms with Gasteiger partial charge in [0.25, 0.3) is 5.91 Å². The first-order valence-corrected chi connectivity index (χ1v) is 9.23. The van der Waals surface area contributed by atoms with E-state index in [1.54, 1.807) is 29.2 Å². The second-order valence-corrected chi connectivity index (χ2v) is 7.09. The molecule has 1 aliphatic heterocycles. The molecule has 0 atom stereocenters. The average molecular weight is 392 g/mol. The summed E-state index contributed by atoms with van der Waals surface area (Å²) in [6, 6.07) is 10.8. The van der Waals surface area contributed by atoms with Gasteiger partial charge in [0.2, 0.25) is 0 Å². The number of amides is 1. The molecular weight excluding hydrogens is 375 g/mol. The average Bonchev–Trinajstić information content (AvgIpc) is 3.09. The SMILES string of the molecule is COc1ccc2c(C(=O)N3CCc4[nH]c5ccc(F)cc5c4C3)cc(=O)oc2c1. The molecule has 2 aromatic carbocycles. The quantitative estimate of drug-likeness (QED) is 0.529. The maximum atomic E-state index is 13.7. The molecule has 1 aliphatic rings. The molecule has 0 unspecified atom stereocenters. The van der Waals surface area contributed by atoms with Crippen molar-refractivity contribution in [3.05, 3.63) is 75.5 Å². The predicted octanol–water partition coefficient (Wildman–Crippen LogP) is 3.62. The van der Waals surface area contributed by atoms with E-state index >= 15 is 0 Å². The minimum Gasteiger partial charge on any atom is -0.497 e. The Hall–Kier alpha value is -3.61. The first-order chi connectivity index (χ1) is 14.0. The van der Waals surface area contributed by atoms with Crippen molar-refractivity contribution < 1.29 is 18.3 Å². The van der Waals surface area contributed by atoms with Crippen molar-refractivity contribution >= 4 is 27.8 Å². The van der Waals surface area contributed by atoms with Crippen LogP contribution in [0.2, 0.25) is 0 Å². The van der Waals surface area contributed by atoms with Crippen molar-refractivity contribution in [2.45, 2.75) is 13.0 Å². The van der Waals surface area contributed by atoms with E-state index in [0.29, 0.717) is 36.2 Å². The number of rotatable bonds is 2. The lowest BCUT2D eigenvalue weighted by atomic mass is 10.0. The number of aromatic amines is 1. The van der Waals surface area contributed by atoms with E-state index < -0.39 is 5.63 Å². The number of methoxy groups -OCH3 is 1. The first kappa shape index (κ1) is 17.5. The van der Waals surface area contributed by atoms with Gasteiger partial charge in [-0.3, -0.25) is 4.79 Å². The Labute approximate surface area is 164 Å². The molecule has 0 aliphatic carbocycles. The van der Waals surface area contributed by atoms with Crippen LogP contribution in [0.15, 0.2) is 51.7 Å². The van der Waals surface area contributed by atoms with Crippen molar-refractivity contribution in [3.63, 3.8) is 0 Å². The zero-order chi connectivity index (χ0) is 20.1. The van der Waals surface area contributed by atoms with Gasteiger partial charge in [-0.1, -0.05) is 0 Å². The van der Waals surface area contributed by atoms with Gasteiger partial charge in [0.15, 0.2) is 0 Å². The Balaban J connectivity index is 1.56. The summed E-state index contributed by atoms with van der Waals surface area (Å²) in [7, 11) is 1.52. The lowest BCUT2D eigenvalue weighted by molar-refractivity contribution is 0.0736. The second-order valence-electron chi connectivity index (χ2n) is 7.09. The van der Waals surface area contributed by atoms with Crippen LogP contribution in [0.25, 0.3) is 21.9 Å². The number of carbonyl (C=O) groups excluding carboxylic acids is 1. The van der Waals surface area contributed by atoms with Crippen LogP contribution in [0.3, 0.4) is 0 Å². The number of halogens is 1. The predicted molar refractivity (Wildman–Crippen MR) is 106 cm³/mol. The summed E-state index contributed by atoms with van der Waals surface area (Å²) in [6.45, 7) is 0.842. The largest absolute Gasteiger partial charge is 0.497 e.